The van der Waals surface area contributed by atoms with E-state index in [2.05, 4.69) is 47.2 Å². The van der Waals surface area contributed by atoms with Gasteiger partial charge in [-0.15, -0.1) is 0 Å². The van der Waals surface area contributed by atoms with Crippen LogP contribution >= 0.6 is 0 Å². The minimum atomic E-state index is -2.38. The first-order valence-electron chi connectivity index (χ1n) is 31.3. The second kappa shape index (κ2) is 33.5. The molecule has 544 valence electrons. The number of nitrogens with one attached hydrogen (secondary N) is 7. The van der Waals surface area contributed by atoms with E-state index in [9.17, 15) is 94.7 Å². The van der Waals surface area contributed by atoms with Crippen molar-refractivity contribution in [3.8, 4) is 5.75 Å². The number of halogens is 1. The lowest BCUT2D eigenvalue weighted by molar-refractivity contribution is -0.353. The summed E-state index contributed by atoms with van der Waals surface area (Å²) in [6.07, 6.45) is -32.3. The Labute approximate surface area is 557 Å². The lowest BCUT2D eigenvalue weighted by atomic mass is 9.92. The molecule has 4 fully saturated rings. The summed E-state index contributed by atoms with van der Waals surface area (Å²) in [6.45, 7) is -0.922. The number of aliphatic hydroxyl groups is 13. The third-order valence-electron chi connectivity index (χ3n) is 17.4. The average Bonchev–Trinajstić information content (AvgIpc) is 1.44. The van der Waals surface area contributed by atoms with Crippen molar-refractivity contribution in [1.29, 1.82) is 0 Å². The van der Waals surface area contributed by atoms with Gasteiger partial charge in [0.1, 0.15) is 121 Å². The number of aliphatic hydroxyl groups excluding tert-OH is 13. The molecule has 98 heavy (non-hydrogen) atoms. The monoisotopic (exact) mass is 1400 g/mol. The molecule has 0 aliphatic carbocycles. The smallest absolute Gasteiger partial charge is 0.306 e. The number of ether oxygens (including phenoxy) is 6. The van der Waals surface area contributed by atoms with E-state index >= 15 is 9.59 Å². The Hall–Kier alpha value is -7.68. The third kappa shape index (κ3) is 17.7. The molecule has 0 bridgehead atoms. The van der Waals surface area contributed by atoms with Gasteiger partial charge in [0.25, 0.3) is 0 Å². The molecule has 24 N–H and O–H groups in total. The van der Waals surface area contributed by atoms with Crippen molar-refractivity contribution in [3.05, 3.63) is 65.5 Å². The molecule has 5 unspecified atom stereocenters. The first-order chi connectivity index (χ1) is 46.5. The van der Waals surface area contributed by atoms with Gasteiger partial charge < -0.3 is 148 Å². The number of carbonyl (C=O) groups is 7. The lowest BCUT2D eigenvalue weighted by Gasteiger charge is -2.46. The molecular formula is C59H85FN12O26. The Morgan fingerprint density at radius 1 is 0.612 bits per heavy atom. The van der Waals surface area contributed by atoms with Crippen molar-refractivity contribution in [1.82, 2.24) is 42.1 Å². The maximum Gasteiger partial charge on any atom is 0.306 e. The van der Waals surface area contributed by atoms with Crippen LogP contribution < -0.4 is 53.4 Å². The van der Waals surface area contributed by atoms with Crippen LogP contribution in [0, 0.1) is 11.7 Å². The van der Waals surface area contributed by atoms with E-state index in [0.29, 0.717) is 0 Å². The molecular weight excluding hydrogens is 1310 g/mol. The van der Waals surface area contributed by atoms with Gasteiger partial charge in [0, 0.05) is 18.8 Å². The summed E-state index contributed by atoms with van der Waals surface area (Å²) in [5.41, 5.74) is 12.5. The summed E-state index contributed by atoms with van der Waals surface area (Å²) in [7, 11) is 0. The first-order valence-corrected chi connectivity index (χ1v) is 31.3. The van der Waals surface area contributed by atoms with E-state index in [-0.39, 0.29) is 41.7 Å². The molecule has 0 aromatic heterocycles. The summed E-state index contributed by atoms with van der Waals surface area (Å²) in [4.78, 5) is 109. The topological polar surface area (TPSA) is 602 Å². The van der Waals surface area contributed by atoms with Crippen LogP contribution in [-0.2, 0) is 63.7 Å². The Balaban J connectivity index is 1.10. The summed E-state index contributed by atoms with van der Waals surface area (Å²) >= 11 is 0. The Morgan fingerprint density at radius 2 is 1.19 bits per heavy atom. The quantitative estimate of drug-likeness (QED) is 0.0547. The summed E-state index contributed by atoms with van der Waals surface area (Å²) < 4.78 is 48.7. The standard InChI is InChI=1S/C59H85FN12O26/c1-21(2)12-35(78)97-49-44(84)42(82)32(19-75)95-57(49)98-48-33(20-76)96-56(47(87)45(48)85)93-26-10-4-23(5-11-26)13-27-51(89)70-37(39(79)28-14-64-58(61)68-28)54(92)71-38(40(80)30-15-65-59(62)72(30)55-46(86)43(83)41(81)31(18-74)94-55)53(91)67-29(17-73)50(88)63-16-34(77)69-36(52(90)66-27)22(3)24-6-8-25(60)9-7-24/h4-11,21-22,27-33,36-49,55-57,73-76,79-87H,12-20H2,1-3H3,(H2,62,65)(H,63,88)(H,66,90)(H,67,91)(H,69,77)(H,70,89)(H,71,92)(H3,61,64,68)/t22?,27-,28?,29+,30?,31-,32-,33-,36+,37+,38-,39?,40?,41-,42-,43+,44+,45-,46+,47+,48-,49+,55+,56+,57-/m1/s1. The van der Waals surface area contributed by atoms with Gasteiger partial charge in [0.2, 0.25) is 41.7 Å². The molecule has 25 atom stereocenters. The number of hydrogen-bond acceptors (Lipinski definition) is 32. The largest absolute Gasteiger partial charge is 0.462 e. The van der Waals surface area contributed by atoms with Crippen LogP contribution in [-0.4, -0.2) is 317 Å². The summed E-state index contributed by atoms with van der Waals surface area (Å²) in [5, 5.41) is 159. The van der Waals surface area contributed by atoms with Gasteiger partial charge in [-0.05, 0) is 41.3 Å². The van der Waals surface area contributed by atoms with Crippen LogP contribution in [0.15, 0.2) is 58.5 Å². The number of esters is 1. The SMILES string of the molecule is CC(C)CC(=O)O[C@@H]1[C@@H](O[C@H]2[C@H](O)[C@H](O)[C@@H](Oc3ccc(C[C@H]4NC(=O)[C@H](C(C)c5ccc(F)cc5)NC(=O)CNC(=O)[C@H](CO)NC(=O)[C@@H](C(O)C5CN=C(N)N5[C@H]5O[C@H](CO)[C@@H](O)[C@H](O)[C@@H]5O)NC(=O)[C@H](C(O)C5CN=C(N)N5)NC4=O)cc3)O[C@@H]2CO)O[C@H](CO)[C@@H](O)[C@@H]1O. The molecule has 38 nitrogen and oxygen atoms in total. The van der Waals surface area contributed by atoms with E-state index in [1.165, 1.54) is 43.3 Å². The molecule has 39 heteroatoms. The second-order valence-corrected chi connectivity index (χ2v) is 24.8. The van der Waals surface area contributed by atoms with Crippen LogP contribution in [0.1, 0.15) is 44.2 Å². The number of hydrogen-bond donors (Lipinski definition) is 22. The van der Waals surface area contributed by atoms with Crippen LogP contribution in [0.5, 0.6) is 5.75 Å². The highest BCUT2D eigenvalue weighted by Gasteiger charge is 2.55. The highest BCUT2D eigenvalue weighted by atomic mass is 19.1. The van der Waals surface area contributed by atoms with Crippen molar-refractivity contribution in [3.63, 3.8) is 0 Å². The molecule has 6 heterocycles. The van der Waals surface area contributed by atoms with E-state index in [0.717, 1.165) is 17.0 Å². The van der Waals surface area contributed by atoms with Crippen molar-refractivity contribution < 1.29 is 133 Å². The van der Waals surface area contributed by atoms with Crippen LogP contribution in [0.2, 0.25) is 0 Å². The van der Waals surface area contributed by atoms with Gasteiger partial charge >= 0.3 is 5.97 Å². The summed E-state index contributed by atoms with van der Waals surface area (Å²) in [5.74, 6) is -11.3. The van der Waals surface area contributed by atoms with Crippen molar-refractivity contribution >= 4 is 53.3 Å². The highest BCUT2D eigenvalue weighted by Crippen LogP contribution is 2.34. The lowest BCUT2D eigenvalue weighted by Crippen LogP contribution is -2.70. The van der Waals surface area contributed by atoms with Crippen LogP contribution in [0.3, 0.4) is 0 Å². The fourth-order valence-electron chi connectivity index (χ4n) is 11.9. The summed E-state index contributed by atoms with van der Waals surface area (Å²) in [6, 6.07) is -3.25. The van der Waals surface area contributed by atoms with Gasteiger partial charge in [-0.2, -0.15) is 0 Å². The molecule has 6 aliphatic heterocycles. The predicted octanol–water partition coefficient (Wildman–Crippen LogP) is -11.9. The minimum Gasteiger partial charge on any atom is -0.462 e. The number of carbonyl (C=O) groups excluding carboxylic acids is 7. The second-order valence-electron chi connectivity index (χ2n) is 24.8. The zero-order valence-electron chi connectivity index (χ0n) is 53.0. The molecule has 0 spiro atoms. The fourth-order valence-corrected chi connectivity index (χ4v) is 11.9. The van der Waals surface area contributed by atoms with Crippen molar-refractivity contribution in [2.45, 2.75) is 186 Å². The molecule has 6 amide bonds. The van der Waals surface area contributed by atoms with Gasteiger partial charge in [0.15, 0.2) is 30.5 Å². The van der Waals surface area contributed by atoms with E-state index in [4.69, 9.17) is 39.9 Å². The normalized spacial score (nSPS) is 35.7. The maximum atomic E-state index is 15.2. The number of benzene rings is 2. The Bertz CT molecular complexity index is 3160. The zero-order chi connectivity index (χ0) is 71.7. The number of aliphatic imine (C=N–C) groups is 2. The molecule has 0 saturated carbocycles. The maximum absolute atomic E-state index is 15.2. The number of nitrogens with zero attached hydrogens (tertiary/aromatic N) is 3. The van der Waals surface area contributed by atoms with E-state index in [1.54, 1.807) is 13.8 Å². The number of guanidine groups is 2. The Morgan fingerprint density at radius 3 is 1.82 bits per heavy atom. The molecule has 2 aromatic carbocycles. The fraction of sp³-hybridized carbons (Fsp3) is 0.644. The van der Waals surface area contributed by atoms with Gasteiger partial charge in [-0.1, -0.05) is 45.0 Å². The van der Waals surface area contributed by atoms with Crippen LogP contribution in [0.4, 0.5) is 4.39 Å². The van der Waals surface area contributed by atoms with Gasteiger partial charge in [-0.25, -0.2) is 4.39 Å². The number of amides is 6. The average molecular weight is 1400 g/mol. The van der Waals surface area contributed by atoms with Gasteiger partial charge in [0.05, 0.1) is 58.1 Å². The first kappa shape index (κ1) is 76.1. The van der Waals surface area contributed by atoms with Crippen LogP contribution in [0.25, 0.3) is 0 Å². The number of nitrogens with two attached hydrogens (primary N) is 2. The van der Waals surface area contributed by atoms with Crippen molar-refractivity contribution in [2.24, 2.45) is 27.4 Å². The number of rotatable bonds is 20. The molecule has 8 rings (SSSR count). The molecule has 4 saturated heterocycles. The Kier molecular flexibility index (Phi) is 26.0. The van der Waals surface area contributed by atoms with Crippen molar-refractivity contribution in [2.75, 3.05) is 46.1 Å². The predicted molar refractivity (Wildman–Crippen MR) is 326 cm³/mol. The third-order valence-corrected chi connectivity index (χ3v) is 17.4. The highest BCUT2D eigenvalue weighted by molar-refractivity contribution is 5.98. The zero-order valence-corrected chi connectivity index (χ0v) is 53.0. The van der Waals surface area contributed by atoms with Gasteiger partial charge in [-0.3, -0.25) is 43.5 Å². The molecule has 2 aromatic rings. The molecule has 6 aliphatic rings. The minimum absolute atomic E-state index is 0.113. The van der Waals surface area contributed by atoms with E-state index in [1.807, 2.05) is 0 Å². The van der Waals surface area contributed by atoms with E-state index < -0.39 is 252 Å². The molecule has 0 radical (unpaired) electrons.